The fraction of sp³-hybridized carbons (Fsp3) is 0.875. The molecule has 4 nitrogen and oxygen atoms in total. The Hall–Kier alpha value is -1.06. The van der Waals surface area contributed by atoms with Gasteiger partial charge in [0.15, 0.2) is 0 Å². The number of hydrogen-bond donors (Lipinski definition) is 0. The zero-order chi connectivity index (χ0) is 14.3. The maximum Gasteiger partial charge on any atom is 0.246 e. The normalized spacial score (nSPS) is 38.3. The largest absolute Gasteiger partial charge is 0.329 e. The molecule has 2 heterocycles. The minimum atomic E-state index is -0.206. The third-order valence-electron chi connectivity index (χ3n) is 5.51. The molecule has 0 spiro atoms. The smallest absolute Gasteiger partial charge is 0.246 e. The van der Waals surface area contributed by atoms with E-state index < -0.39 is 0 Å². The summed E-state index contributed by atoms with van der Waals surface area (Å²) in [7, 11) is 0. The number of amides is 2. The van der Waals surface area contributed by atoms with Gasteiger partial charge < -0.3 is 9.80 Å². The lowest BCUT2D eigenvalue weighted by molar-refractivity contribution is -0.164. The molecule has 1 aliphatic carbocycles. The first kappa shape index (κ1) is 13.9. The van der Waals surface area contributed by atoms with Crippen molar-refractivity contribution in [1.29, 1.82) is 0 Å². The highest BCUT2D eigenvalue weighted by atomic mass is 16.2. The lowest BCUT2D eigenvalue weighted by Crippen LogP contribution is -2.66. The average molecular weight is 278 g/mol. The van der Waals surface area contributed by atoms with Gasteiger partial charge in [-0.3, -0.25) is 9.59 Å². The fourth-order valence-corrected chi connectivity index (χ4v) is 4.40. The predicted octanol–water partition coefficient (Wildman–Crippen LogP) is 2.18. The van der Waals surface area contributed by atoms with E-state index in [0.29, 0.717) is 5.92 Å². The van der Waals surface area contributed by atoms with E-state index >= 15 is 0 Å². The first-order valence-electron chi connectivity index (χ1n) is 8.27. The molecule has 4 unspecified atom stereocenters. The van der Waals surface area contributed by atoms with E-state index in [4.69, 9.17) is 0 Å². The molecule has 0 aromatic carbocycles. The number of fused-ring (bicyclic) bond motifs is 1. The SMILES string of the molecule is CCC1C(=O)N2CCCC2C(=O)N1C1CCCCC1C. The summed E-state index contributed by atoms with van der Waals surface area (Å²) in [5.74, 6) is 0.961. The van der Waals surface area contributed by atoms with Gasteiger partial charge >= 0.3 is 0 Å². The van der Waals surface area contributed by atoms with E-state index in [1.54, 1.807) is 0 Å². The first-order valence-corrected chi connectivity index (χ1v) is 8.27. The number of carbonyl (C=O) groups excluding carboxylic acids is 2. The van der Waals surface area contributed by atoms with Gasteiger partial charge in [0, 0.05) is 12.6 Å². The van der Waals surface area contributed by atoms with Gasteiger partial charge in [0.2, 0.25) is 11.8 Å². The molecule has 3 aliphatic rings. The average Bonchev–Trinajstić information content (AvgIpc) is 2.93. The van der Waals surface area contributed by atoms with Crippen molar-refractivity contribution in [2.45, 2.75) is 76.9 Å². The third-order valence-corrected chi connectivity index (χ3v) is 5.51. The van der Waals surface area contributed by atoms with Gasteiger partial charge in [0.05, 0.1) is 0 Å². The maximum absolute atomic E-state index is 12.9. The Balaban J connectivity index is 1.90. The monoisotopic (exact) mass is 278 g/mol. The summed E-state index contributed by atoms with van der Waals surface area (Å²) in [5, 5.41) is 0. The molecule has 4 heteroatoms. The van der Waals surface area contributed by atoms with Crippen LogP contribution < -0.4 is 0 Å². The maximum atomic E-state index is 12.9. The van der Waals surface area contributed by atoms with E-state index in [1.165, 1.54) is 19.3 Å². The Morgan fingerprint density at radius 3 is 2.50 bits per heavy atom. The topological polar surface area (TPSA) is 40.6 Å². The van der Waals surface area contributed by atoms with Crippen molar-refractivity contribution >= 4 is 11.8 Å². The van der Waals surface area contributed by atoms with Crippen LogP contribution in [0.3, 0.4) is 0 Å². The summed E-state index contributed by atoms with van der Waals surface area (Å²) < 4.78 is 0. The van der Waals surface area contributed by atoms with E-state index in [1.807, 2.05) is 16.7 Å². The summed E-state index contributed by atoms with van der Waals surface area (Å²) in [4.78, 5) is 29.4. The molecule has 0 aromatic rings. The molecule has 2 saturated heterocycles. The zero-order valence-corrected chi connectivity index (χ0v) is 12.7. The molecule has 4 atom stereocenters. The van der Waals surface area contributed by atoms with Crippen LogP contribution in [0.5, 0.6) is 0 Å². The molecule has 112 valence electrons. The Morgan fingerprint density at radius 2 is 1.80 bits per heavy atom. The van der Waals surface area contributed by atoms with Crippen LogP contribution in [0.25, 0.3) is 0 Å². The number of rotatable bonds is 2. The van der Waals surface area contributed by atoms with E-state index in [-0.39, 0.29) is 29.9 Å². The Labute approximate surface area is 121 Å². The second-order valence-electron chi connectivity index (χ2n) is 6.69. The number of nitrogens with zero attached hydrogens (tertiary/aromatic N) is 2. The lowest BCUT2D eigenvalue weighted by Gasteiger charge is -2.48. The highest BCUT2D eigenvalue weighted by Crippen LogP contribution is 2.35. The van der Waals surface area contributed by atoms with Crippen molar-refractivity contribution in [3.8, 4) is 0 Å². The van der Waals surface area contributed by atoms with Crippen molar-refractivity contribution < 1.29 is 9.59 Å². The quantitative estimate of drug-likeness (QED) is 0.777. The molecule has 1 saturated carbocycles. The van der Waals surface area contributed by atoms with Crippen molar-refractivity contribution in [3.05, 3.63) is 0 Å². The van der Waals surface area contributed by atoms with Crippen molar-refractivity contribution in [2.75, 3.05) is 6.54 Å². The highest BCUT2D eigenvalue weighted by Gasteiger charge is 2.49. The summed E-state index contributed by atoms with van der Waals surface area (Å²) >= 11 is 0. The minimum Gasteiger partial charge on any atom is -0.329 e. The molecule has 2 aliphatic heterocycles. The molecular formula is C16H26N2O2. The fourth-order valence-electron chi connectivity index (χ4n) is 4.40. The number of piperazine rings is 1. The van der Waals surface area contributed by atoms with Crippen molar-refractivity contribution in [3.63, 3.8) is 0 Å². The van der Waals surface area contributed by atoms with Crippen LogP contribution in [0.2, 0.25) is 0 Å². The molecule has 0 bridgehead atoms. The van der Waals surface area contributed by atoms with Gasteiger partial charge in [-0.05, 0) is 38.0 Å². The van der Waals surface area contributed by atoms with Gasteiger partial charge in [-0.2, -0.15) is 0 Å². The van der Waals surface area contributed by atoms with Crippen LogP contribution in [0.4, 0.5) is 0 Å². The lowest BCUT2D eigenvalue weighted by atomic mass is 9.83. The molecular weight excluding hydrogens is 252 g/mol. The van der Waals surface area contributed by atoms with Gasteiger partial charge in [0.1, 0.15) is 12.1 Å². The molecule has 20 heavy (non-hydrogen) atoms. The van der Waals surface area contributed by atoms with Crippen LogP contribution in [0.15, 0.2) is 0 Å². The predicted molar refractivity (Wildman–Crippen MR) is 77.1 cm³/mol. The molecule has 2 amide bonds. The van der Waals surface area contributed by atoms with Crippen LogP contribution >= 0.6 is 0 Å². The van der Waals surface area contributed by atoms with Gasteiger partial charge in [-0.1, -0.05) is 26.7 Å². The van der Waals surface area contributed by atoms with Gasteiger partial charge in [-0.15, -0.1) is 0 Å². The Morgan fingerprint density at radius 1 is 1.05 bits per heavy atom. The summed E-state index contributed by atoms with van der Waals surface area (Å²) in [6.07, 6.45) is 7.30. The van der Waals surface area contributed by atoms with Crippen LogP contribution in [-0.2, 0) is 9.59 Å². The molecule has 0 radical (unpaired) electrons. The van der Waals surface area contributed by atoms with E-state index in [9.17, 15) is 9.59 Å². The van der Waals surface area contributed by atoms with Gasteiger partial charge in [0.25, 0.3) is 0 Å². The second-order valence-corrected chi connectivity index (χ2v) is 6.69. The number of carbonyl (C=O) groups is 2. The summed E-state index contributed by atoms with van der Waals surface area (Å²) in [5.41, 5.74) is 0. The van der Waals surface area contributed by atoms with Crippen molar-refractivity contribution in [2.24, 2.45) is 5.92 Å². The Bertz CT molecular complexity index is 409. The highest BCUT2D eigenvalue weighted by molar-refractivity contribution is 5.97. The van der Waals surface area contributed by atoms with Crippen LogP contribution in [0, 0.1) is 5.92 Å². The van der Waals surface area contributed by atoms with Crippen LogP contribution in [-0.4, -0.2) is 46.3 Å². The summed E-state index contributed by atoms with van der Waals surface area (Å²) in [6, 6.07) is -0.0743. The zero-order valence-electron chi connectivity index (χ0n) is 12.7. The number of hydrogen-bond acceptors (Lipinski definition) is 2. The second kappa shape index (κ2) is 5.38. The van der Waals surface area contributed by atoms with Crippen LogP contribution in [0.1, 0.15) is 58.8 Å². The molecule has 0 aromatic heterocycles. The van der Waals surface area contributed by atoms with Crippen molar-refractivity contribution in [1.82, 2.24) is 9.80 Å². The molecule has 0 N–H and O–H groups in total. The van der Waals surface area contributed by atoms with E-state index in [0.717, 1.165) is 32.2 Å². The van der Waals surface area contributed by atoms with Gasteiger partial charge in [-0.25, -0.2) is 0 Å². The van der Waals surface area contributed by atoms with E-state index in [2.05, 4.69) is 6.92 Å². The molecule has 3 fully saturated rings. The standard InChI is InChI=1S/C16H26N2O2/c1-3-12-15(19)17-10-6-9-14(17)16(20)18(12)13-8-5-4-7-11(13)2/h11-14H,3-10H2,1-2H3. The third kappa shape index (κ3) is 2.04. The first-order chi connectivity index (χ1) is 9.65. The summed E-state index contributed by atoms with van der Waals surface area (Å²) in [6.45, 7) is 5.06. The molecule has 3 rings (SSSR count). The Kier molecular flexibility index (Phi) is 3.74. The minimum absolute atomic E-state index is 0.153.